The molecule has 0 aromatic heterocycles. The third-order valence-corrected chi connectivity index (χ3v) is 7.68. The van der Waals surface area contributed by atoms with E-state index in [1.807, 2.05) is 6.92 Å². The van der Waals surface area contributed by atoms with Gasteiger partial charge in [-0.3, -0.25) is 9.64 Å². The van der Waals surface area contributed by atoms with Gasteiger partial charge in [-0.1, -0.05) is 82.4 Å². The van der Waals surface area contributed by atoms with Crippen LogP contribution in [0, 0.1) is 13.5 Å². The van der Waals surface area contributed by atoms with E-state index in [9.17, 15) is 13.2 Å². The summed E-state index contributed by atoms with van der Waals surface area (Å²) >= 11 is 0. The van der Waals surface area contributed by atoms with E-state index >= 15 is 0 Å². The number of unbranched alkanes of at least 4 members (excludes halogenated alkanes) is 10. The standard InChI is InChI=1S/C26H41NO4S/c1-4-5-6-7-8-9-10-11-15-22-31-26(28)17-14-12-13-16-25(27-3)32(29,30)24-20-18-23(2)19-21-24/h18-21,25H,4-17,22H2,1-2H3. The predicted octanol–water partition coefficient (Wildman–Crippen LogP) is 7.04. The maximum atomic E-state index is 12.6. The number of esters is 1. The van der Waals surface area contributed by atoms with Gasteiger partial charge in [-0.2, -0.15) is 0 Å². The van der Waals surface area contributed by atoms with Crippen LogP contribution in [0.1, 0.15) is 102 Å². The van der Waals surface area contributed by atoms with Crippen LogP contribution in [0.15, 0.2) is 29.2 Å². The molecule has 180 valence electrons. The number of carbonyl (C=O) groups excluding carboxylic acids is 1. The van der Waals surface area contributed by atoms with Gasteiger partial charge in [0.15, 0.2) is 0 Å². The van der Waals surface area contributed by atoms with E-state index in [0.29, 0.717) is 32.3 Å². The van der Waals surface area contributed by atoms with Crippen molar-refractivity contribution < 1.29 is 17.9 Å². The fraction of sp³-hybridized carbons (Fsp3) is 0.692. The van der Waals surface area contributed by atoms with Crippen molar-refractivity contribution in [1.82, 2.24) is 0 Å². The molecule has 0 N–H and O–H groups in total. The quantitative estimate of drug-likeness (QED) is 0.133. The number of rotatable bonds is 18. The Morgan fingerprint density at radius 2 is 1.47 bits per heavy atom. The monoisotopic (exact) mass is 463 g/mol. The molecular weight excluding hydrogens is 422 g/mol. The van der Waals surface area contributed by atoms with Crippen LogP contribution in [0.25, 0.3) is 4.85 Å². The molecule has 0 amide bonds. The summed E-state index contributed by atoms with van der Waals surface area (Å²) in [5.74, 6) is -0.182. The van der Waals surface area contributed by atoms with Crippen molar-refractivity contribution in [1.29, 1.82) is 0 Å². The Morgan fingerprint density at radius 1 is 0.906 bits per heavy atom. The molecule has 1 aromatic rings. The first-order valence-electron chi connectivity index (χ1n) is 12.2. The Kier molecular flexibility index (Phi) is 14.7. The molecule has 6 heteroatoms. The van der Waals surface area contributed by atoms with E-state index in [2.05, 4.69) is 11.8 Å². The van der Waals surface area contributed by atoms with Crippen molar-refractivity contribution in [3.8, 4) is 0 Å². The molecule has 0 heterocycles. The number of carbonyl (C=O) groups is 1. The molecule has 0 aliphatic rings. The second-order valence-electron chi connectivity index (χ2n) is 8.59. The molecular formula is C26H41NO4S. The fourth-order valence-corrected chi connectivity index (χ4v) is 5.06. The molecule has 32 heavy (non-hydrogen) atoms. The lowest BCUT2D eigenvalue weighted by atomic mass is 10.1. The van der Waals surface area contributed by atoms with Crippen molar-refractivity contribution >= 4 is 15.8 Å². The second kappa shape index (κ2) is 16.7. The van der Waals surface area contributed by atoms with Gasteiger partial charge in [-0.05, 0) is 38.3 Å². The number of ether oxygens (including phenoxy) is 1. The zero-order valence-electron chi connectivity index (χ0n) is 20.0. The van der Waals surface area contributed by atoms with Gasteiger partial charge in [-0.15, -0.1) is 0 Å². The average Bonchev–Trinajstić information content (AvgIpc) is 2.77. The van der Waals surface area contributed by atoms with Crippen molar-refractivity contribution in [2.24, 2.45) is 0 Å². The maximum Gasteiger partial charge on any atom is 0.325 e. The normalized spacial score (nSPS) is 12.3. The summed E-state index contributed by atoms with van der Waals surface area (Å²) in [4.78, 5) is 15.4. The number of benzene rings is 1. The highest BCUT2D eigenvalue weighted by Crippen LogP contribution is 2.22. The molecule has 5 nitrogen and oxygen atoms in total. The van der Waals surface area contributed by atoms with Crippen molar-refractivity contribution in [2.45, 2.75) is 114 Å². The lowest BCUT2D eigenvalue weighted by molar-refractivity contribution is -0.143. The number of sulfone groups is 1. The van der Waals surface area contributed by atoms with Gasteiger partial charge in [0.05, 0.1) is 11.5 Å². The van der Waals surface area contributed by atoms with Crippen molar-refractivity contribution in [2.75, 3.05) is 6.61 Å². The van der Waals surface area contributed by atoms with E-state index < -0.39 is 15.2 Å². The van der Waals surface area contributed by atoms with Crippen LogP contribution < -0.4 is 0 Å². The third-order valence-electron chi connectivity index (χ3n) is 5.69. The summed E-state index contributed by atoms with van der Waals surface area (Å²) in [6.07, 6.45) is 13.7. The summed E-state index contributed by atoms with van der Waals surface area (Å²) < 4.78 is 30.5. The van der Waals surface area contributed by atoms with Gasteiger partial charge in [-0.25, -0.2) is 15.0 Å². The summed E-state index contributed by atoms with van der Waals surface area (Å²) in [5, 5.41) is -1.07. The summed E-state index contributed by atoms with van der Waals surface area (Å²) in [6.45, 7) is 11.9. The molecule has 0 radical (unpaired) electrons. The minimum absolute atomic E-state index is 0.182. The van der Waals surface area contributed by atoms with Crippen LogP contribution in [-0.2, 0) is 19.4 Å². The summed E-state index contributed by atoms with van der Waals surface area (Å²) in [7, 11) is -3.65. The number of hydrogen-bond donors (Lipinski definition) is 0. The fourth-order valence-electron chi connectivity index (χ4n) is 3.61. The van der Waals surface area contributed by atoms with E-state index in [1.54, 1.807) is 24.3 Å². The van der Waals surface area contributed by atoms with Gasteiger partial charge >= 0.3 is 11.3 Å². The van der Waals surface area contributed by atoms with Crippen LogP contribution >= 0.6 is 0 Å². The number of hydrogen-bond acceptors (Lipinski definition) is 4. The molecule has 0 bridgehead atoms. The lowest BCUT2D eigenvalue weighted by Gasteiger charge is -2.08. The zero-order valence-corrected chi connectivity index (χ0v) is 20.8. The van der Waals surface area contributed by atoms with Crippen LogP contribution in [0.4, 0.5) is 0 Å². The van der Waals surface area contributed by atoms with E-state index in [1.165, 1.54) is 44.9 Å². The summed E-state index contributed by atoms with van der Waals surface area (Å²) in [5.41, 5.74) is 0.980. The van der Waals surface area contributed by atoms with E-state index in [0.717, 1.165) is 18.4 Å². The first-order chi connectivity index (χ1) is 15.4. The SMILES string of the molecule is [C-]#[N+]C(CCCCCC(=O)OCCCCCCCCCCC)S(=O)(=O)c1ccc(C)cc1. The third kappa shape index (κ3) is 11.7. The zero-order chi connectivity index (χ0) is 23.7. The molecule has 0 fully saturated rings. The van der Waals surface area contributed by atoms with Crippen LogP contribution in [0.2, 0.25) is 0 Å². The Balaban J connectivity index is 2.11. The second-order valence-corrected chi connectivity index (χ2v) is 10.7. The topological polar surface area (TPSA) is 64.8 Å². The van der Waals surface area contributed by atoms with Gasteiger partial charge in [0, 0.05) is 12.8 Å². The van der Waals surface area contributed by atoms with Crippen molar-refractivity contribution in [3.63, 3.8) is 0 Å². The predicted molar refractivity (Wildman–Crippen MR) is 130 cm³/mol. The molecule has 1 atom stereocenters. The molecule has 1 unspecified atom stereocenters. The molecule has 0 aliphatic heterocycles. The Labute approximate surface area is 195 Å². The first kappa shape index (κ1) is 28.2. The minimum Gasteiger partial charge on any atom is -0.466 e. The van der Waals surface area contributed by atoms with Gasteiger partial charge in [0.1, 0.15) is 0 Å². The smallest absolute Gasteiger partial charge is 0.325 e. The lowest BCUT2D eigenvalue weighted by Crippen LogP contribution is -2.18. The molecule has 1 rings (SSSR count). The maximum absolute atomic E-state index is 12.6. The van der Waals surface area contributed by atoms with Crippen LogP contribution in [0.3, 0.4) is 0 Å². The van der Waals surface area contributed by atoms with Gasteiger partial charge in [0.25, 0.3) is 9.84 Å². The summed E-state index contributed by atoms with van der Waals surface area (Å²) in [6, 6.07) is 6.61. The first-order valence-corrected chi connectivity index (χ1v) is 13.8. The average molecular weight is 464 g/mol. The molecule has 1 aromatic carbocycles. The van der Waals surface area contributed by atoms with Crippen LogP contribution in [-0.4, -0.2) is 26.4 Å². The highest BCUT2D eigenvalue weighted by Gasteiger charge is 2.31. The van der Waals surface area contributed by atoms with Crippen molar-refractivity contribution in [3.05, 3.63) is 41.2 Å². The van der Waals surface area contributed by atoms with Gasteiger partial charge < -0.3 is 4.74 Å². The van der Waals surface area contributed by atoms with Crippen LogP contribution in [0.5, 0.6) is 0 Å². The van der Waals surface area contributed by atoms with Gasteiger partial charge in [0.2, 0.25) is 0 Å². The molecule has 0 spiro atoms. The Morgan fingerprint density at radius 3 is 2.06 bits per heavy atom. The Bertz CT molecular complexity index is 781. The van der Waals surface area contributed by atoms with E-state index in [4.69, 9.17) is 11.3 Å². The number of aryl methyl sites for hydroxylation is 1. The molecule has 0 saturated carbocycles. The number of nitrogens with zero attached hydrogens (tertiary/aromatic N) is 1. The molecule has 0 aliphatic carbocycles. The highest BCUT2D eigenvalue weighted by molar-refractivity contribution is 7.92. The molecule has 0 saturated heterocycles. The minimum atomic E-state index is -3.65. The van der Waals surface area contributed by atoms with E-state index in [-0.39, 0.29) is 17.3 Å². The largest absolute Gasteiger partial charge is 0.466 e. The Hall–Kier alpha value is -1.87. The highest BCUT2D eigenvalue weighted by atomic mass is 32.2.